The summed E-state index contributed by atoms with van der Waals surface area (Å²) in [6.45, 7) is 0.547. The van der Waals surface area contributed by atoms with Crippen LogP contribution < -0.4 is 4.74 Å². The first-order chi connectivity index (χ1) is 14.3. The molecule has 144 valence electrons. The van der Waals surface area contributed by atoms with E-state index < -0.39 is 0 Å². The SMILES string of the molecule is Cn1ncc2c(OCCCc3cccnc3)nc(-c3cccc4[nH]ncc34)nc21. The van der Waals surface area contributed by atoms with Crippen LogP contribution in [0.5, 0.6) is 5.88 Å². The van der Waals surface area contributed by atoms with Crippen LogP contribution in [0, 0.1) is 0 Å². The van der Waals surface area contributed by atoms with E-state index in [4.69, 9.17) is 14.7 Å². The maximum Gasteiger partial charge on any atom is 0.228 e. The molecule has 8 nitrogen and oxygen atoms in total. The molecule has 0 fully saturated rings. The van der Waals surface area contributed by atoms with Gasteiger partial charge in [-0.3, -0.25) is 14.8 Å². The largest absolute Gasteiger partial charge is 0.477 e. The molecule has 0 atom stereocenters. The van der Waals surface area contributed by atoms with E-state index in [0.29, 0.717) is 18.3 Å². The minimum atomic E-state index is 0.546. The van der Waals surface area contributed by atoms with Gasteiger partial charge in [0, 0.05) is 30.4 Å². The molecular weight excluding hydrogens is 366 g/mol. The van der Waals surface area contributed by atoms with Gasteiger partial charge in [-0.05, 0) is 30.5 Å². The molecule has 4 aromatic heterocycles. The third kappa shape index (κ3) is 3.29. The molecule has 0 saturated heterocycles. The molecule has 4 heterocycles. The molecule has 5 aromatic rings. The molecule has 0 radical (unpaired) electrons. The monoisotopic (exact) mass is 385 g/mol. The quantitative estimate of drug-likeness (QED) is 0.451. The van der Waals surface area contributed by atoms with E-state index in [2.05, 4.69) is 26.3 Å². The topological polar surface area (TPSA) is 94.4 Å². The maximum atomic E-state index is 6.06. The van der Waals surface area contributed by atoms with Gasteiger partial charge in [0.1, 0.15) is 5.39 Å². The van der Waals surface area contributed by atoms with Crippen molar-refractivity contribution in [3.8, 4) is 17.3 Å². The lowest BCUT2D eigenvalue weighted by atomic mass is 10.1. The van der Waals surface area contributed by atoms with Crippen LogP contribution in [0.4, 0.5) is 0 Å². The zero-order chi connectivity index (χ0) is 19.6. The normalized spacial score (nSPS) is 11.3. The Morgan fingerprint density at radius 2 is 2.00 bits per heavy atom. The number of fused-ring (bicyclic) bond motifs is 2. The molecular formula is C21H19N7O. The second kappa shape index (κ2) is 7.31. The Morgan fingerprint density at radius 1 is 1.03 bits per heavy atom. The van der Waals surface area contributed by atoms with Gasteiger partial charge in [-0.2, -0.15) is 15.2 Å². The zero-order valence-corrected chi connectivity index (χ0v) is 15.9. The number of hydrogen-bond acceptors (Lipinski definition) is 6. The molecule has 0 spiro atoms. The van der Waals surface area contributed by atoms with Crippen molar-refractivity contribution in [1.82, 2.24) is 34.9 Å². The van der Waals surface area contributed by atoms with Gasteiger partial charge in [0.25, 0.3) is 0 Å². The second-order valence-corrected chi connectivity index (χ2v) is 6.81. The number of hydrogen-bond donors (Lipinski definition) is 1. The number of benzene rings is 1. The third-order valence-corrected chi connectivity index (χ3v) is 4.85. The molecule has 0 aliphatic heterocycles. The van der Waals surface area contributed by atoms with Crippen LogP contribution in [0.3, 0.4) is 0 Å². The highest BCUT2D eigenvalue weighted by Crippen LogP contribution is 2.30. The number of ether oxygens (including phenoxy) is 1. The Morgan fingerprint density at radius 3 is 2.90 bits per heavy atom. The van der Waals surface area contributed by atoms with E-state index in [9.17, 15) is 0 Å². The highest BCUT2D eigenvalue weighted by atomic mass is 16.5. The Kier molecular flexibility index (Phi) is 4.36. The highest BCUT2D eigenvalue weighted by Gasteiger charge is 2.16. The van der Waals surface area contributed by atoms with E-state index in [1.807, 2.05) is 37.5 Å². The number of rotatable bonds is 6. The summed E-state index contributed by atoms with van der Waals surface area (Å²) in [5.74, 6) is 1.14. The average Bonchev–Trinajstić information content (AvgIpc) is 3.38. The van der Waals surface area contributed by atoms with Crippen molar-refractivity contribution in [1.29, 1.82) is 0 Å². The van der Waals surface area contributed by atoms with E-state index in [-0.39, 0.29) is 0 Å². The van der Waals surface area contributed by atoms with Gasteiger partial charge in [0.2, 0.25) is 5.88 Å². The van der Waals surface area contributed by atoms with Crippen molar-refractivity contribution in [2.45, 2.75) is 12.8 Å². The van der Waals surface area contributed by atoms with E-state index >= 15 is 0 Å². The molecule has 0 unspecified atom stereocenters. The predicted molar refractivity (Wildman–Crippen MR) is 109 cm³/mol. The van der Waals surface area contributed by atoms with Gasteiger partial charge in [-0.25, -0.2) is 4.98 Å². The molecule has 0 amide bonds. The molecule has 1 N–H and O–H groups in total. The van der Waals surface area contributed by atoms with Crippen LogP contribution in [-0.2, 0) is 13.5 Å². The summed E-state index contributed by atoms with van der Waals surface area (Å²) in [6.07, 6.45) is 8.96. The lowest BCUT2D eigenvalue weighted by molar-refractivity contribution is 0.303. The maximum absolute atomic E-state index is 6.06. The number of aromatic amines is 1. The lowest BCUT2D eigenvalue weighted by Crippen LogP contribution is -2.04. The first-order valence-corrected chi connectivity index (χ1v) is 9.43. The fourth-order valence-electron chi connectivity index (χ4n) is 3.38. The Labute approximate surface area is 166 Å². The lowest BCUT2D eigenvalue weighted by Gasteiger charge is -2.09. The average molecular weight is 385 g/mol. The Balaban J connectivity index is 1.46. The number of H-pyrrole nitrogens is 1. The zero-order valence-electron chi connectivity index (χ0n) is 15.9. The summed E-state index contributed by atoms with van der Waals surface area (Å²) in [4.78, 5) is 13.6. The molecule has 0 saturated carbocycles. The summed E-state index contributed by atoms with van der Waals surface area (Å²) in [6, 6.07) is 9.94. The molecule has 5 rings (SSSR count). The molecule has 29 heavy (non-hydrogen) atoms. The van der Waals surface area contributed by atoms with Crippen LogP contribution >= 0.6 is 0 Å². The van der Waals surface area contributed by atoms with Gasteiger partial charge < -0.3 is 4.74 Å². The molecule has 0 bridgehead atoms. The van der Waals surface area contributed by atoms with E-state index in [1.165, 1.54) is 5.56 Å². The molecule has 0 aliphatic carbocycles. The Bertz CT molecular complexity index is 1280. The fourth-order valence-corrected chi connectivity index (χ4v) is 3.38. The summed E-state index contributed by atoms with van der Waals surface area (Å²) >= 11 is 0. The molecule has 1 aromatic carbocycles. The van der Waals surface area contributed by atoms with E-state index in [0.717, 1.165) is 40.3 Å². The number of nitrogens with one attached hydrogen (secondary N) is 1. The van der Waals surface area contributed by atoms with Gasteiger partial charge in [-0.15, -0.1) is 0 Å². The van der Waals surface area contributed by atoms with Gasteiger partial charge in [-0.1, -0.05) is 18.2 Å². The van der Waals surface area contributed by atoms with Crippen molar-refractivity contribution in [3.05, 3.63) is 60.7 Å². The van der Waals surface area contributed by atoms with Gasteiger partial charge in [0.05, 0.1) is 24.5 Å². The van der Waals surface area contributed by atoms with Crippen molar-refractivity contribution < 1.29 is 4.74 Å². The fraction of sp³-hybridized carbons (Fsp3) is 0.190. The number of pyridine rings is 1. The second-order valence-electron chi connectivity index (χ2n) is 6.81. The van der Waals surface area contributed by atoms with Crippen LogP contribution in [0.25, 0.3) is 33.3 Å². The smallest absolute Gasteiger partial charge is 0.228 e. The summed E-state index contributed by atoms with van der Waals surface area (Å²) in [5, 5.41) is 13.2. The van der Waals surface area contributed by atoms with Crippen molar-refractivity contribution in [2.24, 2.45) is 7.05 Å². The highest BCUT2D eigenvalue weighted by molar-refractivity contribution is 5.93. The van der Waals surface area contributed by atoms with Gasteiger partial charge in [0.15, 0.2) is 11.5 Å². The summed E-state index contributed by atoms with van der Waals surface area (Å²) in [5.41, 5.74) is 3.77. The number of aryl methyl sites for hydroxylation is 2. The minimum Gasteiger partial charge on any atom is -0.477 e. The molecule has 8 heteroatoms. The van der Waals surface area contributed by atoms with Crippen LogP contribution in [-0.4, -0.2) is 41.5 Å². The number of aromatic nitrogens is 7. The standard InChI is InChI=1S/C21H19N7O/c1-28-20-17(13-24-28)21(29-10-4-6-14-5-3-9-22-11-14)26-19(25-20)15-7-2-8-18-16(15)12-23-27-18/h2-3,5,7-9,11-13H,4,6,10H2,1H3,(H,23,27). The van der Waals surface area contributed by atoms with Crippen LogP contribution in [0.1, 0.15) is 12.0 Å². The van der Waals surface area contributed by atoms with Crippen LogP contribution in [0.2, 0.25) is 0 Å². The summed E-state index contributed by atoms with van der Waals surface area (Å²) < 4.78 is 7.80. The summed E-state index contributed by atoms with van der Waals surface area (Å²) in [7, 11) is 1.86. The predicted octanol–water partition coefficient (Wildman–Crippen LogP) is 3.31. The van der Waals surface area contributed by atoms with Crippen LogP contribution in [0.15, 0.2) is 55.1 Å². The minimum absolute atomic E-state index is 0.546. The van der Waals surface area contributed by atoms with Gasteiger partial charge >= 0.3 is 0 Å². The van der Waals surface area contributed by atoms with Crippen molar-refractivity contribution in [2.75, 3.05) is 6.61 Å². The van der Waals surface area contributed by atoms with Crippen molar-refractivity contribution in [3.63, 3.8) is 0 Å². The Hall–Kier alpha value is -3.81. The van der Waals surface area contributed by atoms with E-state index in [1.54, 1.807) is 23.3 Å². The number of nitrogens with zero attached hydrogens (tertiary/aromatic N) is 6. The molecule has 0 aliphatic rings. The van der Waals surface area contributed by atoms with Crippen molar-refractivity contribution >= 4 is 21.9 Å². The first kappa shape index (κ1) is 17.3. The third-order valence-electron chi connectivity index (χ3n) is 4.85. The first-order valence-electron chi connectivity index (χ1n) is 9.43.